The number of amides is 1. The van der Waals surface area contributed by atoms with Crippen molar-refractivity contribution in [3.8, 4) is 0 Å². The van der Waals surface area contributed by atoms with Crippen LogP contribution in [0.1, 0.15) is 30.9 Å². The number of morpholine rings is 1. The molecule has 28 heavy (non-hydrogen) atoms. The van der Waals surface area contributed by atoms with E-state index in [1.54, 1.807) is 0 Å². The number of hydrogen-bond acceptors (Lipinski definition) is 5. The van der Waals surface area contributed by atoms with Crippen LogP contribution >= 0.6 is 0 Å². The number of alkyl halides is 1. The maximum Gasteiger partial charge on any atom is 0.224 e. The van der Waals surface area contributed by atoms with E-state index in [4.69, 9.17) is 15.2 Å². The number of nitrogens with one attached hydrogen (secondary N) is 1. The summed E-state index contributed by atoms with van der Waals surface area (Å²) >= 11 is 0. The molecule has 4 rings (SSSR count). The van der Waals surface area contributed by atoms with Crippen molar-refractivity contribution in [1.29, 1.82) is 0 Å². The molecule has 1 aliphatic carbocycles. The van der Waals surface area contributed by atoms with Crippen LogP contribution in [0.4, 0.5) is 10.1 Å². The SMILES string of the molecule is NCCOC1C(c2ccc(N3CCOCC3)cc2)NC(=O)C2CC(F)CCC21. The van der Waals surface area contributed by atoms with Crippen molar-refractivity contribution in [2.75, 3.05) is 44.4 Å². The van der Waals surface area contributed by atoms with Crippen molar-refractivity contribution in [2.24, 2.45) is 17.6 Å². The minimum absolute atomic E-state index is 0.0382. The molecule has 0 aromatic heterocycles. The Kier molecular flexibility index (Phi) is 6.13. The molecule has 154 valence electrons. The predicted octanol–water partition coefficient (Wildman–Crippen LogP) is 1.79. The summed E-state index contributed by atoms with van der Waals surface area (Å²) in [6, 6.07) is 8.09. The van der Waals surface area contributed by atoms with Gasteiger partial charge in [0.25, 0.3) is 0 Å². The van der Waals surface area contributed by atoms with Crippen LogP contribution in [0.25, 0.3) is 0 Å². The van der Waals surface area contributed by atoms with Gasteiger partial charge in [-0.15, -0.1) is 0 Å². The molecule has 6 nitrogen and oxygen atoms in total. The van der Waals surface area contributed by atoms with Gasteiger partial charge in [-0.2, -0.15) is 0 Å². The zero-order valence-corrected chi connectivity index (χ0v) is 16.2. The molecule has 7 heteroatoms. The van der Waals surface area contributed by atoms with Crippen molar-refractivity contribution in [3.05, 3.63) is 29.8 Å². The molecule has 0 bridgehead atoms. The van der Waals surface area contributed by atoms with Gasteiger partial charge >= 0.3 is 0 Å². The molecule has 1 amide bonds. The van der Waals surface area contributed by atoms with Crippen LogP contribution in [0, 0.1) is 11.8 Å². The summed E-state index contributed by atoms with van der Waals surface area (Å²) in [5.41, 5.74) is 7.84. The monoisotopic (exact) mass is 391 g/mol. The van der Waals surface area contributed by atoms with Crippen molar-refractivity contribution < 1.29 is 18.7 Å². The zero-order chi connectivity index (χ0) is 19.5. The largest absolute Gasteiger partial charge is 0.378 e. The van der Waals surface area contributed by atoms with Crippen LogP contribution < -0.4 is 16.0 Å². The molecule has 2 heterocycles. The standard InChI is InChI=1S/C21H30FN3O3/c22-15-3-6-17-18(13-15)21(26)24-19(20(17)28-10-7-23)14-1-4-16(5-2-14)25-8-11-27-12-9-25/h1-2,4-5,15,17-20H,3,6-13,23H2,(H,24,26). The van der Waals surface area contributed by atoms with Crippen LogP contribution in [0.3, 0.4) is 0 Å². The average Bonchev–Trinajstić information content (AvgIpc) is 2.74. The third kappa shape index (κ3) is 4.02. The highest BCUT2D eigenvalue weighted by atomic mass is 19.1. The Bertz CT molecular complexity index is 665. The first-order chi connectivity index (χ1) is 13.7. The molecule has 0 radical (unpaired) electrons. The molecule has 0 spiro atoms. The molecule has 1 saturated carbocycles. The first-order valence-corrected chi connectivity index (χ1v) is 10.4. The van der Waals surface area contributed by atoms with Gasteiger partial charge in [0.05, 0.1) is 32.0 Å². The van der Waals surface area contributed by atoms with Gasteiger partial charge in [-0.25, -0.2) is 4.39 Å². The van der Waals surface area contributed by atoms with Crippen LogP contribution in [-0.4, -0.2) is 57.6 Å². The van der Waals surface area contributed by atoms with E-state index in [1.165, 1.54) is 0 Å². The number of nitrogens with zero attached hydrogens (tertiary/aromatic N) is 1. The van der Waals surface area contributed by atoms with E-state index in [2.05, 4.69) is 34.5 Å². The summed E-state index contributed by atoms with van der Waals surface area (Å²) in [5, 5.41) is 3.11. The van der Waals surface area contributed by atoms with Crippen molar-refractivity contribution in [2.45, 2.75) is 37.6 Å². The number of piperidine rings is 1. The van der Waals surface area contributed by atoms with Gasteiger partial charge in [0, 0.05) is 31.2 Å². The Morgan fingerprint density at radius 2 is 1.96 bits per heavy atom. The van der Waals surface area contributed by atoms with Gasteiger partial charge in [0.15, 0.2) is 0 Å². The fourth-order valence-electron chi connectivity index (χ4n) is 4.84. The summed E-state index contributed by atoms with van der Waals surface area (Å²) in [4.78, 5) is 15.0. The maximum atomic E-state index is 13.9. The second-order valence-electron chi connectivity index (χ2n) is 7.98. The van der Waals surface area contributed by atoms with E-state index in [0.29, 0.717) is 32.4 Å². The van der Waals surface area contributed by atoms with Gasteiger partial charge in [0.1, 0.15) is 6.17 Å². The van der Waals surface area contributed by atoms with E-state index in [-0.39, 0.29) is 29.9 Å². The Morgan fingerprint density at radius 1 is 1.21 bits per heavy atom. The van der Waals surface area contributed by atoms with Crippen LogP contribution in [0.5, 0.6) is 0 Å². The van der Waals surface area contributed by atoms with Crippen LogP contribution in [0.15, 0.2) is 24.3 Å². The number of nitrogens with two attached hydrogens (primary N) is 1. The smallest absolute Gasteiger partial charge is 0.224 e. The maximum absolute atomic E-state index is 13.9. The van der Waals surface area contributed by atoms with E-state index < -0.39 is 6.17 Å². The molecule has 5 unspecified atom stereocenters. The number of carbonyl (C=O) groups excluding carboxylic acids is 1. The van der Waals surface area contributed by atoms with Crippen molar-refractivity contribution in [3.63, 3.8) is 0 Å². The Hall–Kier alpha value is -1.70. The molecule has 5 atom stereocenters. The topological polar surface area (TPSA) is 76.8 Å². The molecule has 1 aromatic rings. The Labute approximate surface area is 165 Å². The summed E-state index contributed by atoms with van der Waals surface area (Å²) < 4.78 is 25.4. The number of anilines is 1. The highest BCUT2D eigenvalue weighted by Gasteiger charge is 2.47. The lowest BCUT2D eigenvalue weighted by atomic mass is 9.70. The minimum atomic E-state index is -0.897. The fourth-order valence-corrected chi connectivity index (χ4v) is 4.84. The Morgan fingerprint density at radius 3 is 2.68 bits per heavy atom. The summed E-state index contributed by atoms with van der Waals surface area (Å²) in [7, 11) is 0. The lowest BCUT2D eigenvalue weighted by Crippen LogP contribution is -2.55. The number of carbonyl (C=O) groups is 1. The fraction of sp³-hybridized carbons (Fsp3) is 0.667. The third-order valence-electron chi connectivity index (χ3n) is 6.28. The molecular weight excluding hydrogens is 361 g/mol. The van der Waals surface area contributed by atoms with Gasteiger partial charge in [0.2, 0.25) is 5.91 Å². The van der Waals surface area contributed by atoms with E-state index in [1.807, 2.05) is 0 Å². The van der Waals surface area contributed by atoms with E-state index in [0.717, 1.165) is 37.6 Å². The highest BCUT2D eigenvalue weighted by Crippen LogP contribution is 2.43. The minimum Gasteiger partial charge on any atom is -0.378 e. The second kappa shape index (κ2) is 8.76. The van der Waals surface area contributed by atoms with Gasteiger partial charge in [-0.05, 0) is 42.9 Å². The zero-order valence-electron chi connectivity index (χ0n) is 16.2. The number of ether oxygens (including phenoxy) is 2. The molecular formula is C21H30FN3O3. The number of fused-ring (bicyclic) bond motifs is 1. The third-order valence-corrected chi connectivity index (χ3v) is 6.28. The summed E-state index contributed by atoms with van der Waals surface area (Å²) in [6.45, 7) is 4.12. The quantitative estimate of drug-likeness (QED) is 0.800. The number of halogens is 1. The first kappa shape index (κ1) is 19.6. The van der Waals surface area contributed by atoms with Gasteiger partial charge in [-0.1, -0.05) is 12.1 Å². The highest BCUT2D eigenvalue weighted by molar-refractivity contribution is 5.81. The first-order valence-electron chi connectivity index (χ1n) is 10.4. The Balaban J connectivity index is 1.54. The number of hydrogen-bond donors (Lipinski definition) is 2. The van der Waals surface area contributed by atoms with Crippen LogP contribution in [0.2, 0.25) is 0 Å². The predicted molar refractivity (Wildman–Crippen MR) is 105 cm³/mol. The summed E-state index contributed by atoms with van der Waals surface area (Å²) in [6.07, 6.45) is 0.400. The van der Waals surface area contributed by atoms with Crippen molar-refractivity contribution in [1.82, 2.24) is 5.32 Å². The lowest BCUT2D eigenvalue weighted by molar-refractivity contribution is -0.144. The second-order valence-corrected chi connectivity index (χ2v) is 7.98. The van der Waals surface area contributed by atoms with Crippen LogP contribution in [-0.2, 0) is 14.3 Å². The molecule has 2 saturated heterocycles. The number of benzene rings is 1. The van der Waals surface area contributed by atoms with Gasteiger partial charge in [-0.3, -0.25) is 4.79 Å². The molecule has 2 aliphatic heterocycles. The van der Waals surface area contributed by atoms with Crippen molar-refractivity contribution >= 4 is 11.6 Å². The number of rotatable bonds is 5. The molecule has 3 N–H and O–H groups in total. The normalized spacial score (nSPS) is 33.3. The lowest BCUT2D eigenvalue weighted by Gasteiger charge is -2.45. The molecule has 3 fully saturated rings. The van der Waals surface area contributed by atoms with E-state index in [9.17, 15) is 9.18 Å². The van der Waals surface area contributed by atoms with Gasteiger partial charge < -0.3 is 25.4 Å². The molecule has 1 aromatic carbocycles. The average molecular weight is 391 g/mol. The summed E-state index contributed by atoms with van der Waals surface area (Å²) in [5.74, 6) is -0.325. The molecule has 3 aliphatic rings. The van der Waals surface area contributed by atoms with E-state index >= 15 is 0 Å².